The second-order valence-corrected chi connectivity index (χ2v) is 9.81. The van der Waals surface area contributed by atoms with Crippen LogP contribution in [-0.2, 0) is 0 Å². The lowest BCUT2D eigenvalue weighted by atomic mass is 9.67. The summed E-state index contributed by atoms with van der Waals surface area (Å²) in [6, 6.07) is 1.75. The van der Waals surface area contributed by atoms with Crippen LogP contribution in [0.3, 0.4) is 0 Å². The molecule has 3 atom stereocenters. The lowest BCUT2D eigenvalue weighted by molar-refractivity contribution is 0.0822. The van der Waals surface area contributed by atoms with Crippen molar-refractivity contribution in [3.63, 3.8) is 0 Å². The van der Waals surface area contributed by atoms with Crippen LogP contribution in [0.4, 0.5) is 0 Å². The van der Waals surface area contributed by atoms with Gasteiger partial charge in [-0.2, -0.15) is 0 Å². The first kappa shape index (κ1) is 17.4. The molecule has 0 radical (unpaired) electrons. The summed E-state index contributed by atoms with van der Waals surface area (Å²) < 4.78 is 0. The molecule has 1 unspecified atom stereocenters. The quantitative estimate of drug-likeness (QED) is 0.625. The zero-order chi connectivity index (χ0) is 16.2. The minimum absolute atomic E-state index is 0.873. The second kappa shape index (κ2) is 8.56. The Morgan fingerprint density at radius 3 is 1.17 bits per heavy atom. The van der Waals surface area contributed by atoms with Gasteiger partial charge in [0.05, 0.1) is 0 Å². The maximum Gasteiger partial charge on any atom is 0.0101 e. The molecule has 24 heavy (non-hydrogen) atoms. The Balaban J connectivity index is 1.44. The van der Waals surface area contributed by atoms with Crippen molar-refractivity contribution in [2.24, 2.45) is 23.7 Å². The molecule has 0 amide bonds. The zero-order valence-electron chi connectivity index (χ0n) is 16.0. The summed E-state index contributed by atoms with van der Waals surface area (Å²) in [4.78, 5) is 0. The summed E-state index contributed by atoms with van der Waals surface area (Å²) >= 11 is 0. The molecule has 1 nitrogen and oxygen atoms in total. The van der Waals surface area contributed by atoms with Crippen molar-refractivity contribution >= 4 is 0 Å². The molecule has 4 rings (SSSR count). The van der Waals surface area contributed by atoms with E-state index < -0.39 is 0 Å². The van der Waals surface area contributed by atoms with E-state index in [4.69, 9.17) is 0 Å². The van der Waals surface area contributed by atoms with Crippen LogP contribution in [0.15, 0.2) is 0 Å². The number of nitrogens with one attached hydrogen (secondary N) is 1. The normalized spacial score (nSPS) is 38.2. The molecule has 138 valence electrons. The molecule has 1 heteroatoms. The first-order valence-electron chi connectivity index (χ1n) is 11.7. The van der Waals surface area contributed by atoms with Crippen LogP contribution >= 0.6 is 0 Å². The highest BCUT2D eigenvalue weighted by Gasteiger charge is 2.39. The fourth-order valence-electron chi connectivity index (χ4n) is 6.88. The summed E-state index contributed by atoms with van der Waals surface area (Å²) in [7, 11) is 0. The maximum atomic E-state index is 4.26. The molecule has 1 saturated heterocycles. The monoisotopic (exact) mass is 331 g/mol. The molecule has 3 aliphatic carbocycles. The molecule has 1 N–H and O–H groups in total. The van der Waals surface area contributed by atoms with Gasteiger partial charge >= 0.3 is 0 Å². The number of piperidine rings is 1. The van der Waals surface area contributed by atoms with Gasteiger partial charge in [-0.1, -0.05) is 70.6 Å². The topological polar surface area (TPSA) is 12.0 Å². The Bertz CT molecular complexity index is 297. The predicted molar refractivity (Wildman–Crippen MR) is 103 cm³/mol. The summed E-state index contributed by atoms with van der Waals surface area (Å²) in [6.45, 7) is 0. The largest absolute Gasteiger partial charge is 0.311 e. The van der Waals surface area contributed by atoms with Crippen molar-refractivity contribution in [3.8, 4) is 0 Å². The Hall–Kier alpha value is -0.0400. The average Bonchev–Trinajstić information content (AvgIpc) is 2.70. The van der Waals surface area contributed by atoms with E-state index in [2.05, 4.69) is 5.32 Å². The first-order chi connectivity index (χ1) is 11.9. The molecule has 0 aromatic heterocycles. The highest BCUT2D eigenvalue weighted by atomic mass is 15.0. The Kier molecular flexibility index (Phi) is 6.20. The van der Waals surface area contributed by atoms with E-state index in [9.17, 15) is 0 Å². The van der Waals surface area contributed by atoms with E-state index in [-0.39, 0.29) is 0 Å². The van der Waals surface area contributed by atoms with Gasteiger partial charge in [0.1, 0.15) is 0 Å². The van der Waals surface area contributed by atoms with Crippen LogP contribution in [0.2, 0.25) is 0 Å². The molecule has 1 aliphatic heterocycles. The van der Waals surface area contributed by atoms with E-state index in [1.807, 2.05) is 0 Å². The van der Waals surface area contributed by atoms with Gasteiger partial charge in [0, 0.05) is 12.1 Å². The average molecular weight is 332 g/mol. The minimum atomic E-state index is 0.873. The summed E-state index contributed by atoms with van der Waals surface area (Å²) in [5.74, 6) is 4.16. The van der Waals surface area contributed by atoms with Gasteiger partial charge in [0.15, 0.2) is 0 Å². The summed E-state index contributed by atoms with van der Waals surface area (Å²) in [5.41, 5.74) is 0. The van der Waals surface area contributed by atoms with Crippen LogP contribution in [0, 0.1) is 23.7 Å². The van der Waals surface area contributed by atoms with Crippen molar-refractivity contribution in [3.05, 3.63) is 0 Å². The van der Waals surface area contributed by atoms with Gasteiger partial charge in [-0.3, -0.25) is 0 Å². The van der Waals surface area contributed by atoms with Gasteiger partial charge in [-0.15, -0.1) is 0 Å². The molecule has 0 bridgehead atoms. The molecule has 0 spiro atoms. The molecule has 4 fully saturated rings. The standard InChI is InChI=1S/C23H41N/c1-4-10-18(11-5-1)21-16-22(19-12-6-2-7-13-19)24-23(17-21)20-14-8-3-9-15-20/h18-24H,1-17H2/t21?,22-,23+. The highest BCUT2D eigenvalue weighted by Crippen LogP contribution is 2.43. The number of hydrogen-bond acceptors (Lipinski definition) is 1. The molecule has 4 aliphatic rings. The van der Waals surface area contributed by atoms with E-state index >= 15 is 0 Å². The third-order valence-corrected chi connectivity index (χ3v) is 8.30. The first-order valence-corrected chi connectivity index (χ1v) is 11.7. The van der Waals surface area contributed by atoms with Crippen LogP contribution in [0.5, 0.6) is 0 Å². The minimum Gasteiger partial charge on any atom is -0.311 e. The van der Waals surface area contributed by atoms with Crippen molar-refractivity contribution in [2.75, 3.05) is 0 Å². The lowest BCUT2D eigenvalue weighted by Gasteiger charge is -2.47. The second-order valence-electron chi connectivity index (χ2n) is 9.81. The molecular weight excluding hydrogens is 290 g/mol. The molecule has 0 aromatic carbocycles. The van der Waals surface area contributed by atoms with Crippen molar-refractivity contribution < 1.29 is 0 Å². The predicted octanol–water partition coefficient (Wildman–Crippen LogP) is 6.46. The number of rotatable bonds is 3. The molecular formula is C23H41N. The Morgan fingerprint density at radius 2 is 0.750 bits per heavy atom. The highest BCUT2D eigenvalue weighted by molar-refractivity contribution is 4.95. The van der Waals surface area contributed by atoms with Crippen LogP contribution in [0.1, 0.15) is 109 Å². The summed E-state index contributed by atoms with van der Waals surface area (Å²) in [6.07, 6.45) is 25.8. The van der Waals surface area contributed by atoms with Gasteiger partial charge in [-0.25, -0.2) is 0 Å². The van der Waals surface area contributed by atoms with Crippen molar-refractivity contribution in [1.82, 2.24) is 5.32 Å². The molecule has 3 saturated carbocycles. The maximum absolute atomic E-state index is 4.26. The van der Waals surface area contributed by atoms with E-state index in [0.29, 0.717) is 0 Å². The van der Waals surface area contributed by atoms with Gasteiger partial charge in [0.2, 0.25) is 0 Å². The smallest absolute Gasteiger partial charge is 0.0101 e. The Labute approximate surface area is 150 Å². The zero-order valence-corrected chi connectivity index (χ0v) is 16.0. The third kappa shape index (κ3) is 4.19. The SMILES string of the molecule is C1CCC(C2C[C@@H](C3CCCCC3)N[C@@H](C3CCCCC3)C2)CC1. The Morgan fingerprint density at radius 1 is 0.375 bits per heavy atom. The lowest BCUT2D eigenvalue weighted by Crippen LogP contribution is -2.53. The van der Waals surface area contributed by atoms with Gasteiger partial charge in [-0.05, 0) is 62.2 Å². The van der Waals surface area contributed by atoms with Crippen LogP contribution < -0.4 is 5.32 Å². The fraction of sp³-hybridized carbons (Fsp3) is 1.00. The molecule has 1 heterocycles. The van der Waals surface area contributed by atoms with Crippen LogP contribution in [0.25, 0.3) is 0 Å². The van der Waals surface area contributed by atoms with Crippen molar-refractivity contribution in [1.29, 1.82) is 0 Å². The third-order valence-electron chi connectivity index (χ3n) is 8.30. The van der Waals surface area contributed by atoms with Crippen LogP contribution in [-0.4, -0.2) is 12.1 Å². The van der Waals surface area contributed by atoms with Gasteiger partial charge in [0.25, 0.3) is 0 Å². The van der Waals surface area contributed by atoms with Gasteiger partial charge < -0.3 is 5.32 Å². The molecule has 0 aromatic rings. The number of hydrogen-bond donors (Lipinski definition) is 1. The van der Waals surface area contributed by atoms with E-state index in [1.54, 1.807) is 12.8 Å². The van der Waals surface area contributed by atoms with E-state index in [1.165, 1.54) is 96.3 Å². The fourth-order valence-corrected chi connectivity index (χ4v) is 6.88. The van der Waals surface area contributed by atoms with E-state index in [0.717, 1.165) is 35.8 Å². The van der Waals surface area contributed by atoms with Crippen molar-refractivity contribution in [2.45, 2.75) is 121 Å². The summed E-state index contributed by atoms with van der Waals surface area (Å²) in [5, 5.41) is 4.26.